The summed E-state index contributed by atoms with van der Waals surface area (Å²) in [6.45, 7) is 7.59. The second-order valence-electron chi connectivity index (χ2n) is 5.94. The number of hydrogen-bond donors (Lipinski definition) is 2. The Kier molecular flexibility index (Phi) is 5.76. The molecule has 0 aliphatic rings. The Balaban J connectivity index is 2.11. The van der Waals surface area contributed by atoms with Crippen LogP contribution in [0.5, 0.6) is 0 Å². The number of rotatable bonds is 5. The summed E-state index contributed by atoms with van der Waals surface area (Å²) in [6, 6.07) is 0. The van der Waals surface area contributed by atoms with Gasteiger partial charge in [0.1, 0.15) is 0 Å². The number of hydrazine groups is 1. The molecule has 2 amide bonds. The number of thioether (sulfide) groups is 1. The van der Waals surface area contributed by atoms with Gasteiger partial charge in [0.15, 0.2) is 0 Å². The first-order chi connectivity index (χ1) is 11.3. The molecule has 130 valence electrons. The predicted molar refractivity (Wildman–Crippen MR) is 91.5 cm³/mol. The van der Waals surface area contributed by atoms with Crippen LogP contribution in [0.3, 0.4) is 0 Å². The molecule has 24 heavy (non-hydrogen) atoms. The van der Waals surface area contributed by atoms with Crippen molar-refractivity contribution in [3.05, 3.63) is 17.0 Å². The minimum absolute atomic E-state index is 0.108. The van der Waals surface area contributed by atoms with E-state index in [1.165, 1.54) is 11.8 Å². The van der Waals surface area contributed by atoms with E-state index in [2.05, 4.69) is 25.9 Å². The van der Waals surface area contributed by atoms with E-state index in [4.69, 9.17) is 0 Å². The van der Waals surface area contributed by atoms with E-state index in [0.717, 1.165) is 17.0 Å². The lowest BCUT2D eigenvalue weighted by Crippen LogP contribution is -2.42. The van der Waals surface area contributed by atoms with Crippen LogP contribution in [0.2, 0.25) is 0 Å². The molecule has 2 aromatic heterocycles. The highest BCUT2D eigenvalue weighted by molar-refractivity contribution is 7.98. The Morgan fingerprint density at radius 2 is 1.83 bits per heavy atom. The smallest absolute Gasteiger partial charge is 0.253 e. The van der Waals surface area contributed by atoms with Gasteiger partial charge in [0.05, 0.1) is 6.42 Å². The summed E-state index contributed by atoms with van der Waals surface area (Å²) >= 11 is 1.44. The van der Waals surface area contributed by atoms with Gasteiger partial charge in [-0.3, -0.25) is 20.4 Å². The number of nitrogens with one attached hydrogen (secondary N) is 2. The van der Waals surface area contributed by atoms with Gasteiger partial charge in [-0.15, -0.1) is 5.10 Å². The van der Waals surface area contributed by atoms with E-state index in [1.54, 1.807) is 4.52 Å². The van der Waals surface area contributed by atoms with E-state index < -0.39 is 0 Å². The van der Waals surface area contributed by atoms with Crippen LogP contribution in [0, 0.1) is 19.8 Å². The second-order valence-corrected chi connectivity index (χ2v) is 6.72. The highest BCUT2D eigenvalue weighted by Crippen LogP contribution is 2.17. The normalized spacial score (nSPS) is 11.1. The highest BCUT2D eigenvalue weighted by atomic mass is 32.2. The lowest BCUT2D eigenvalue weighted by Gasteiger charge is -2.12. The molecule has 0 atom stereocenters. The Labute approximate surface area is 144 Å². The summed E-state index contributed by atoms with van der Waals surface area (Å²) in [7, 11) is 0. The third kappa shape index (κ3) is 4.22. The molecule has 0 saturated heterocycles. The molecule has 2 heterocycles. The van der Waals surface area contributed by atoms with E-state index >= 15 is 0 Å². The van der Waals surface area contributed by atoms with Gasteiger partial charge in [-0.25, -0.2) is 9.50 Å². The average molecular weight is 350 g/mol. The van der Waals surface area contributed by atoms with Crippen LogP contribution in [0.15, 0.2) is 5.16 Å². The summed E-state index contributed by atoms with van der Waals surface area (Å²) < 4.78 is 1.64. The molecule has 2 rings (SSSR count). The SMILES string of the molecule is CSc1nc2nc(C)c(CC(=O)NNC(=O)CC(C)C)c(C)n2n1. The third-order valence-corrected chi connectivity index (χ3v) is 4.02. The summed E-state index contributed by atoms with van der Waals surface area (Å²) in [6.07, 6.45) is 2.37. The van der Waals surface area contributed by atoms with Gasteiger partial charge in [-0.2, -0.15) is 4.98 Å². The first-order valence-electron chi connectivity index (χ1n) is 7.66. The Bertz CT molecular complexity index is 771. The maximum absolute atomic E-state index is 12.1. The Morgan fingerprint density at radius 3 is 2.46 bits per heavy atom. The Morgan fingerprint density at radius 1 is 1.17 bits per heavy atom. The molecule has 0 radical (unpaired) electrons. The molecule has 0 unspecified atom stereocenters. The van der Waals surface area contributed by atoms with E-state index in [-0.39, 0.29) is 24.2 Å². The molecule has 0 aromatic carbocycles. The van der Waals surface area contributed by atoms with Crippen LogP contribution in [-0.4, -0.2) is 37.7 Å². The Hall–Kier alpha value is -2.16. The summed E-state index contributed by atoms with van der Waals surface area (Å²) in [5, 5.41) is 4.98. The van der Waals surface area contributed by atoms with Crippen molar-refractivity contribution < 1.29 is 9.59 Å². The number of amides is 2. The van der Waals surface area contributed by atoms with Gasteiger partial charge in [0.2, 0.25) is 17.0 Å². The minimum Gasteiger partial charge on any atom is -0.273 e. The van der Waals surface area contributed by atoms with E-state index in [0.29, 0.717) is 17.4 Å². The molecule has 2 N–H and O–H groups in total. The zero-order chi connectivity index (χ0) is 17.9. The standard InChI is InChI=1S/C15H22N6O2S/c1-8(2)6-12(22)18-19-13(23)7-11-9(3)16-14-17-15(24-5)20-21(14)10(11)4/h8H,6-7H2,1-5H3,(H,18,22)(H,19,23). The molecule has 0 saturated carbocycles. The monoisotopic (exact) mass is 350 g/mol. The second kappa shape index (κ2) is 7.61. The molecule has 0 aliphatic carbocycles. The molecular weight excluding hydrogens is 328 g/mol. The molecule has 0 bridgehead atoms. The fourth-order valence-corrected chi connectivity index (χ4v) is 2.63. The van der Waals surface area contributed by atoms with Gasteiger partial charge in [-0.1, -0.05) is 25.6 Å². The number of aryl methyl sites for hydroxylation is 2. The number of carbonyl (C=O) groups excluding carboxylic acids is 2. The zero-order valence-corrected chi connectivity index (χ0v) is 15.3. The number of carbonyl (C=O) groups is 2. The van der Waals surface area contributed by atoms with Crippen LogP contribution >= 0.6 is 11.8 Å². The number of fused-ring (bicyclic) bond motifs is 1. The van der Waals surface area contributed by atoms with Crippen LogP contribution < -0.4 is 10.9 Å². The van der Waals surface area contributed by atoms with Crippen molar-refractivity contribution in [3.8, 4) is 0 Å². The number of hydrogen-bond acceptors (Lipinski definition) is 6. The minimum atomic E-state index is -0.301. The lowest BCUT2D eigenvalue weighted by molar-refractivity contribution is -0.129. The summed E-state index contributed by atoms with van der Waals surface area (Å²) in [4.78, 5) is 32.4. The van der Waals surface area contributed by atoms with Gasteiger partial charge in [-0.05, 0) is 26.0 Å². The molecule has 0 fully saturated rings. The van der Waals surface area contributed by atoms with Crippen LogP contribution in [-0.2, 0) is 16.0 Å². The van der Waals surface area contributed by atoms with Crippen molar-refractivity contribution >= 4 is 29.4 Å². The molecule has 8 nitrogen and oxygen atoms in total. The third-order valence-electron chi connectivity index (χ3n) is 3.48. The summed E-state index contributed by atoms with van der Waals surface area (Å²) in [5.74, 6) is 0.241. The van der Waals surface area contributed by atoms with Crippen molar-refractivity contribution in [2.75, 3.05) is 6.26 Å². The average Bonchev–Trinajstić information content (AvgIpc) is 2.92. The molecule has 9 heteroatoms. The summed E-state index contributed by atoms with van der Waals surface area (Å²) in [5.41, 5.74) is 7.18. The van der Waals surface area contributed by atoms with E-state index in [9.17, 15) is 9.59 Å². The van der Waals surface area contributed by atoms with Crippen LogP contribution in [0.4, 0.5) is 0 Å². The van der Waals surface area contributed by atoms with Crippen molar-refractivity contribution in [2.45, 2.75) is 45.7 Å². The maximum atomic E-state index is 12.1. The first kappa shape index (κ1) is 18.2. The van der Waals surface area contributed by atoms with Crippen molar-refractivity contribution in [3.63, 3.8) is 0 Å². The van der Waals surface area contributed by atoms with Crippen LogP contribution in [0.25, 0.3) is 5.78 Å². The van der Waals surface area contributed by atoms with Gasteiger partial charge in [0, 0.05) is 23.4 Å². The van der Waals surface area contributed by atoms with Gasteiger partial charge < -0.3 is 0 Å². The fourth-order valence-electron chi connectivity index (χ4n) is 2.30. The van der Waals surface area contributed by atoms with Crippen LogP contribution in [0.1, 0.15) is 37.2 Å². The van der Waals surface area contributed by atoms with Crippen molar-refractivity contribution in [1.29, 1.82) is 0 Å². The van der Waals surface area contributed by atoms with Gasteiger partial charge in [0.25, 0.3) is 5.78 Å². The van der Waals surface area contributed by atoms with Crippen molar-refractivity contribution in [1.82, 2.24) is 30.4 Å². The van der Waals surface area contributed by atoms with E-state index in [1.807, 2.05) is 34.0 Å². The zero-order valence-electron chi connectivity index (χ0n) is 14.5. The number of aromatic nitrogens is 4. The lowest BCUT2D eigenvalue weighted by atomic mass is 10.1. The first-order valence-corrected chi connectivity index (χ1v) is 8.88. The van der Waals surface area contributed by atoms with Gasteiger partial charge >= 0.3 is 0 Å². The maximum Gasteiger partial charge on any atom is 0.253 e. The topological polar surface area (TPSA) is 101 Å². The molecule has 2 aromatic rings. The highest BCUT2D eigenvalue weighted by Gasteiger charge is 2.16. The van der Waals surface area contributed by atoms with Crippen molar-refractivity contribution in [2.24, 2.45) is 5.92 Å². The molecule has 0 aliphatic heterocycles. The molecule has 0 spiro atoms. The quantitative estimate of drug-likeness (QED) is 0.621. The predicted octanol–water partition coefficient (Wildman–Crippen LogP) is 1.20. The number of nitrogens with zero attached hydrogens (tertiary/aromatic N) is 4. The fraction of sp³-hybridized carbons (Fsp3) is 0.533. The largest absolute Gasteiger partial charge is 0.273 e. The molecular formula is C15H22N6O2S.